The van der Waals surface area contributed by atoms with Gasteiger partial charge < -0.3 is 21.5 Å². The topological polar surface area (TPSA) is 125 Å². The molecule has 1 fully saturated rings. The second kappa shape index (κ2) is 4.87. The number of aliphatic hydroxyl groups is 1. The van der Waals surface area contributed by atoms with Gasteiger partial charge in [-0.2, -0.15) is 5.10 Å². The molecule has 0 saturated carbocycles. The van der Waals surface area contributed by atoms with Crippen LogP contribution in [0.5, 0.6) is 0 Å². The van der Waals surface area contributed by atoms with E-state index in [4.69, 9.17) is 11.5 Å². The van der Waals surface area contributed by atoms with Gasteiger partial charge in [-0.1, -0.05) is 13.8 Å². The maximum atomic E-state index is 12.2. The minimum Gasteiger partial charge on any atom is -0.396 e. The maximum Gasteiger partial charge on any atom is 0.315 e. The number of primary amides is 2. The molecule has 0 aromatic rings. The molecule has 5 N–H and O–H groups in total. The summed E-state index contributed by atoms with van der Waals surface area (Å²) in [4.78, 5) is 25.3. The van der Waals surface area contributed by atoms with Crippen molar-refractivity contribution in [2.75, 3.05) is 19.7 Å². The third kappa shape index (κ3) is 2.05. The number of aliphatic hydroxyl groups excluding tert-OH is 1. The van der Waals surface area contributed by atoms with Crippen molar-refractivity contribution < 1.29 is 14.7 Å². The van der Waals surface area contributed by atoms with Gasteiger partial charge in [0.05, 0.1) is 12.6 Å². The molecule has 8 nitrogen and oxygen atoms in total. The third-order valence-corrected chi connectivity index (χ3v) is 4.85. The van der Waals surface area contributed by atoms with Gasteiger partial charge >= 0.3 is 6.03 Å². The number of urea groups is 1. The minimum absolute atomic E-state index is 0.100. The van der Waals surface area contributed by atoms with Crippen LogP contribution in [0.25, 0.3) is 0 Å². The molecule has 118 valence electrons. The van der Waals surface area contributed by atoms with E-state index in [1.165, 1.54) is 11.1 Å². The Morgan fingerprint density at radius 3 is 2.52 bits per heavy atom. The summed E-state index contributed by atoms with van der Waals surface area (Å²) < 4.78 is 0. The van der Waals surface area contributed by atoms with Gasteiger partial charge in [-0.05, 0) is 6.92 Å². The molecule has 0 aliphatic carbocycles. The van der Waals surface area contributed by atoms with Crippen LogP contribution < -0.4 is 11.5 Å². The lowest BCUT2D eigenvalue weighted by atomic mass is 9.61. The first kappa shape index (κ1) is 15.6. The number of hydrogen-bond donors (Lipinski definition) is 3. The first-order chi connectivity index (χ1) is 9.67. The Hall–Kier alpha value is -1.83. The van der Waals surface area contributed by atoms with E-state index >= 15 is 0 Å². The number of hydrazone groups is 1. The average Bonchev–Trinajstić information content (AvgIpc) is 2.77. The summed E-state index contributed by atoms with van der Waals surface area (Å²) in [6, 6.07) is -1.05. The monoisotopic (exact) mass is 297 g/mol. The second-order valence-corrected chi connectivity index (χ2v) is 6.50. The predicted molar refractivity (Wildman–Crippen MR) is 77.2 cm³/mol. The molecule has 2 heterocycles. The van der Waals surface area contributed by atoms with Crippen molar-refractivity contribution in [1.29, 1.82) is 0 Å². The van der Waals surface area contributed by atoms with Crippen LogP contribution >= 0.6 is 0 Å². The van der Waals surface area contributed by atoms with E-state index in [2.05, 4.69) is 5.10 Å². The number of nitrogens with two attached hydrogens (primary N) is 2. The summed E-state index contributed by atoms with van der Waals surface area (Å²) in [5.74, 6) is -0.559. The van der Waals surface area contributed by atoms with E-state index in [1.807, 2.05) is 6.92 Å². The summed E-state index contributed by atoms with van der Waals surface area (Å²) in [5, 5.41) is 15.8. The third-order valence-electron chi connectivity index (χ3n) is 4.85. The molecule has 3 amide bonds. The summed E-state index contributed by atoms with van der Waals surface area (Å²) in [7, 11) is 0. The van der Waals surface area contributed by atoms with E-state index in [9.17, 15) is 14.7 Å². The van der Waals surface area contributed by atoms with Crippen LogP contribution in [0.4, 0.5) is 4.79 Å². The Labute approximate surface area is 123 Å². The van der Waals surface area contributed by atoms with Gasteiger partial charge in [0.2, 0.25) is 5.91 Å². The van der Waals surface area contributed by atoms with Crippen molar-refractivity contribution in [2.45, 2.75) is 32.9 Å². The summed E-state index contributed by atoms with van der Waals surface area (Å²) in [5.41, 5.74) is 9.12. The highest BCUT2D eigenvalue weighted by Crippen LogP contribution is 2.46. The molecular weight excluding hydrogens is 274 g/mol. The van der Waals surface area contributed by atoms with Crippen LogP contribution in [0.1, 0.15) is 20.8 Å². The molecular formula is C13H23N5O3. The lowest BCUT2D eigenvalue weighted by Gasteiger charge is -2.49. The van der Waals surface area contributed by atoms with Gasteiger partial charge in [-0.25, -0.2) is 4.79 Å². The quantitative estimate of drug-likeness (QED) is 0.613. The normalized spacial score (nSPS) is 32.2. The van der Waals surface area contributed by atoms with E-state index < -0.39 is 28.8 Å². The number of carbonyl (C=O) groups is 2. The first-order valence-electron chi connectivity index (χ1n) is 6.96. The van der Waals surface area contributed by atoms with E-state index in [0.29, 0.717) is 6.54 Å². The van der Waals surface area contributed by atoms with Crippen LogP contribution in [-0.4, -0.2) is 64.9 Å². The summed E-state index contributed by atoms with van der Waals surface area (Å²) in [6.07, 6.45) is 1.52. The van der Waals surface area contributed by atoms with Crippen molar-refractivity contribution >= 4 is 18.2 Å². The van der Waals surface area contributed by atoms with Crippen molar-refractivity contribution in [1.82, 2.24) is 9.91 Å². The number of carbonyl (C=O) groups excluding carboxylic acids is 2. The van der Waals surface area contributed by atoms with Gasteiger partial charge in [-0.15, -0.1) is 0 Å². The van der Waals surface area contributed by atoms with E-state index in [-0.39, 0.29) is 19.2 Å². The average molecular weight is 297 g/mol. The molecule has 3 unspecified atom stereocenters. The smallest absolute Gasteiger partial charge is 0.315 e. The molecule has 2 rings (SSSR count). The molecule has 8 heteroatoms. The number of fused-ring (bicyclic) bond motifs is 1. The fourth-order valence-corrected chi connectivity index (χ4v) is 3.34. The summed E-state index contributed by atoms with van der Waals surface area (Å²) in [6.45, 7) is 5.90. The lowest BCUT2D eigenvalue weighted by Crippen LogP contribution is -2.67. The Balaban J connectivity index is 2.44. The first-order valence-corrected chi connectivity index (χ1v) is 6.96. The fraction of sp³-hybridized carbons (Fsp3) is 0.769. The molecule has 0 radical (unpaired) electrons. The van der Waals surface area contributed by atoms with Gasteiger partial charge in [0.25, 0.3) is 0 Å². The maximum absolute atomic E-state index is 12.2. The van der Waals surface area contributed by atoms with Gasteiger partial charge in [-0.3, -0.25) is 9.80 Å². The van der Waals surface area contributed by atoms with Crippen LogP contribution in [0, 0.1) is 10.8 Å². The second-order valence-electron chi connectivity index (χ2n) is 6.50. The van der Waals surface area contributed by atoms with Crippen molar-refractivity contribution in [2.24, 2.45) is 27.4 Å². The number of rotatable bonds is 3. The van der Waals surface area contributed by atoms with Crippen LogP contribution in [-0.2, 0) is 4.79 Å². The molecule has 3 atom stereocenters. The Morgan fingerprint density at radius 1 is 1.43 bits per heavy atom. The SMILES string of the molecule is CC1CN2N=CC(C(N)=O)(C(C)(C)CO)C2CN1C(N)=O. The zero-order valence-electron chi connectivity index (χ0n) is 12.6. The molecule has 1 saturated heterocycles. The highest BCUT2D eigenvalue weighted by atomic mass is 16.3. The van der Waals surface area contributed by atoms with Crippen LogP contribution in [0.2, 0.25) is 0 Å². The Bertz CT molecular complexity index is 492. The fourth-order valence-electron chi connectivity index (χ4n) is 3.34. The number of piperazine rings is 1. The van der Waals surface area contributed by atoms with E-state index in [0.717, 1.165) is 0 Å². The largest absolute Gasteiger partial charge is 0.396 e. The predicted octanol–water partition coefficient (Wildman–Crippen LogP) is -1.07. The molecule has 21 heavy (non-hydrogen) atoms. The zero-order valence-corrected chi connectivity index (χ0v) is 12.6. The number of hydrogen-bond acceptors (Lipinski definition) is 5. The molecule has 2 aliphatic rings. The lowest BCUT2D eigenvalue weighted by molar-refractivity contribution is -0.136. The Kier molecular flexibility index (Phi) is 3.61. The minimum atomic E-state index is -1.14. The number of nitrogens with zero attached hydrogens (tertiary/aromatic N) is 3. The van der Waals surface area contributed by atoms with Gasteiger partial charge in [0.15, 0.2) is 0 Å². The molecule has 0 aromatic carbocycles. The molecule has 2 aliphatic heterocycles. The standard InChI is InChI=1S/C13H23N5O3/c1-8-4-18-9(5-17(8)11(15)21)13(6-16-18,10(14)20)12(2,3)7-19/h6,8-9,19H,4-5,7H2,1-3H3,(H2,14,20)(H2,15,21). The van der Waals surface area contributed by atoms with Crippen molar-refractivity contribution in [3.63, 3.8) is 0 Å². The number of amides is 3. The molecule has 0 spiro atoms. The summed E-state index contributed by atoms with van der Waals surface area (Å²) >= 11 is 0. The van der Waals surface area contributed by atoms with Crippen molar-refractivity contribution in [3.8, 4) is 0 Å². The van der Waals surface area contributed by atoms with Crippen molar-refractivity contribution in [3.05, 3.63) is 0 Å². The van der Waals surface area contributed by atoms with Gasteiger partial charge in [0, 0.05) is 30.8 Å². The van der Waals surface area contributed by atoms with Crippen LogP contribution in [0.15, 0.2) is 5.10 Å². The molecule has 0 aromatic heterocycles. The van der Waals surface area contributed by atoms with Crippen LogP contribution in [0.3, 0.4) is 0 Å². The molecule has 0 bridgehead atoms. The highest BCUT2D eigenvalue weighted by molar-refractivity contribution is 6.00. The Morgan fingerprint density at radius 2 is 2.05 bits per heavy atom. The zero-order chi connectivity index (χ0) is 16.0. The highest BCUT2D eigenvalue weighted by Gasteiger charge is 2.60. The van der Waals surface area contributed by atoms with Gasteiger partial charge in [0.1, 0.15) is 5.41 Å². The van der Waals surface area contributed by atoms with E-state index in [1.54, 1.807) is 18.9 Å².